The fourth-order valence-electron chi connectivity index (χ4n) is 2.15. The third-order valence-electron chi connectivity index (χ3n) is 3.17. The molecule has 2 aromatic rings. The van der Waals surface area contributed by atoms with Gasteiger partial charge in [-0.05, 0) is 17.7 Å². The number of hydrogen-bond donors (Lipinski definition) is 2. The van der Waals surface area contributed by atoms with Gasteiger partial charge in [-0.15, -0.1) is 0 Å². The van der Waals surface area contributed by atoms with Crippen molar-refractivity contribution in [1.29, 1.82) is 0 Å². The maximum absolute atomic E-state index is 12.2. The minimum absolute atomic E-state index is 0.142. The van der Waals surface area contributed by atoms with Crippen LogP contribution in [0.3, 0.4) is 0 Å². The highest BCUT2D eigenvalue weighted by atomic mass is 79.9. The van der Waals surface area contributed by atoms with Crippen molar-refractivity contribution in [2.24, 2.45) is 0 Å². The van der Waals surface area contributed by atoms with Gasteiger partial charge in [0.05, 0.1) is 19.8 Å². The second kappa shape index (κ2) is 5.97. The van der Waals surface area contributed by atoms with Gasteiger partial charge >= 0.3 is 0 Å². The molecule has 1 aromatic carbocycles. The molecule has 3 rings (SSSR count). The first kappa shape index (κ1) is 14.2. The van der Waals surface area contributed by atoms with Crippen LogP contribution in [-0.2, 0) is 9.47 Å². The number of aromatic hydroxyl groups is 1. The lowest BCUT2D eigenvalue weighted by Crippen LogP contribution is -2.26. The number of ether oxygens (including phenoxy) is 2. The van der Waals surface area contributed by atoms with Crippen molar-refractivity contribution in [2.75, 3.05) is 19.8 Å². The van der Waals surface area contributed by atoms with Gasteiger partial charge in [0.25, 0.3) is 5.56 Å². The smallest absolute Gasteiger partial charge is 0.262 e. The molecule has 110 valence electrons. The van der Waals surface area contributed by atoms with Crippen LogP contribution < -0.4 is 5.56 Å². The van der Waals surface area contributed by atoms with E-state index in [1.165, 1.54) is 0 Å². The summed E-state index contributed by atoms with van der Waals surface area (Å²) < 4.78 is 11.6. The van der Waals surface area contributed by atoms with E-state index in [-0.39, 0.29) is 17.3 Å². The van der Waals surface area contributed by atoms with Gasteiger partial charge in [0, 0.05) is 4.47 Å². The average Bonchev–Trinajstić information content (AvgIpc) is 2.49. The Morgan fingerprint density at radius 1 is 1.29 bits per heavy atom. The molecule has 0 amide bonds. The summed E-state index contributed by atoms with van der Waals surface area (Å²) >= 11 is 3.32. The van der Waals surface area contributed by atoms with Crippen molar-refractivity contribution >= 4 is 15.9 Å². The highest BCUT2D eigenvalue weighted by molar-refractivity contribution is 9.10. The Kier molecular flexibility index (Phi) is 4.05. The molecular weight excluding hydrogens is 340 g/mol. The van der Waals surface area contributed by atoms with E-state index < -0.39 is 11.7 Å². The molecule has 2 N–H and O–H groups in total. The summed E-state index contributed by atoms with van der Waals surface area (Å²) in [6.07, 6.45) is -0.462. The largest absolute Gasteiger partial charge is 0.493 e. The molecule has 6 nitrogen and oxygen atoms in total. The quantitative estimate of drug-likeness (QED) is 0.863. The van der Waals surface area contributed by atoms with E-state index >= 15 is 0 Å². The van der Waals surface area contributed by atoms with E-state index in [9.17, 15) is 9.90 Å². The van der Waals surface area contributed by atoms with Crippen LogP contribution in [0.5, 0.6) is 5.88 Å². The minimum atomic E-state index is -0.462. The molecule has 1 fully saturated rings. The zero-order valence-electron chi connectivity index (χ0n) is 11.0. The molecule has 1 aromatic heterocycles. The Morgan fingerprint density at radius 2 is 2.05 bits per heavy atom. The molecule has 1 aliphatic heterocycles. The van der Waals surface area contributed by atoms with Crippen LogP contribution in [0.4, 0.5) is 0 Å². The minimum Gasteiger partial charge on any atom is -0.493 e. The lowest BCUT2D eigenvalue weighted by molar-refractivity contribution is -0.0937. The summed E-state index contributed by atoms with van der Waals surface area (Å²) in [7, 11) is 0. The highest BCUT2D eigenvalue weighted by Crippen LogP contribution is 2.26. The molecule has 0 spiro atoms. The van der Waals surface area contributed by atoms with Crippen LogP contribution in [0.15, 0.2) is 33.5 Å². The van der Waals surface area contributed by atoms with Gasteiger partial charge in [0.15, 0.2) is 0 Å². The monoisotopic (exact) mass is 352 g/mol. The van der Waals surface area contributed by atoms with E-state index in [0.29, 0.717) is 25.4 Å². The number of hydrogen-bond acceptors (Lipinski definition) is 5. The molecular formula is C14H13BrN2O4. The van der Waals surface area contributed by atoms with E-state index in [4.69, 9.17) is 9.47 Å². The fourth-order valence-corrected chi connectivity index (χ4v) is 2.42. The molecule has 21 heavy (non-hydrogen) atoms. The Morgan fingerprint density at radius 3 is 2.67 bits per heavy atom. The van der Waals surface area contributed by atoms with Crippen molar-refractivity contribution in [3.05, 3.63) is 44.9 Å². The van der Waals surface area contributed by atoms with Crippen LogP contribution >= 0.6 is 15.9 Å². The van der Waals surface area contributed by atoms with Crippen molar-refractivity contribution in [1.82, 2.24) is 9.97 Å². The Balaban J connectivity index is 2.00. The first-order chi connectivity index (χ1) is 10.1. The summed E-state index contributed by atoms with van der Waals surface area (Å²) in [5, 5.41) is 10.1. The second-order valence-electron chi connectivity index (χ2n) is 4.59. The van der Waals surface area contributed by atoms with Gasteiger partial charge in [-0.1, -0.05) is 28.1 Å². The number of H-pyrrole nitrogens is 1. The van der Waals surface area contributed by atoms with E-state index in [1.54, 1.807) is 24.3 Å². The lowest BCUT2D eigenvalue weighted by Gasteiger charge is -2.22. The zero-order chi connectivity index (χ0) is 14.8. The number of aromatic amines is 1. The van der Waals surface area contributed by atoms with Crippen molar-refractivity contribution in [2.45, 2.75) is 6.10 Å². The number of halogens is 1. The van der Waals surface area contributed by atoms with Crippen molar-refractivity contribution < 1.29 is 14.6 Å². The van der Waals surface area contributed by atoms with E-state index in [1.807, 2.05) is 0 Å². The Hall–Kier alpha value is -1.70. The highest BCUT2D eigenvalue weighted by Gasteiger charge is 2.22. The molecule has 1 atom stereocenters. The van der Waals surface area contributed by atoms with Crippen molar-refractivity contribution in [3.63, 3.8) is 0 Å². The van der Waals surface area contributed by atoms with E-state index in [0.717, 1.165) is 4.47 Å². The third kappa shape index (κ3) is 2.99. The molecule has 0 radical (unpaired) electrons. The molecule has 2 heterocycles. The zero-order valence-corrected chi connectivity index (χ0v) is 12.6. The van der Waals surface area contributed by atoms with Crippen LogP contribution in [0.1, 0.15) is 11.9 Å². The molecule has 0 saturated carbocycles. The third-order valence-corrected chi connectivity index (χ3v) is 3.70. The number of aromatic nitrogens is 2. The SMILES string of the molecule is O=c1[nH]c(C2COCCO2)nc(O)c1-c1ccc(Br)cc1. The number of nitrogens with zero attached hydrogens (tertiary/aromatic N) is 1. The van der Waals surface area contributed by atoms with Gasteiger partial charge < -0.3 is 19.6 Å². The van der Waals surface area contributed by atoms with Crippen LogP contribution in [0.2, 0.25) is 0 Å². The van der Waals surface area contributed by atoms with Gasteiger partial charge in [-0.2, -0.15) is 4.98 Å². The predicted molar refractivity (Wildman–Crippen MR) is 79.2 cm³/mol. The number of rotatable bonds is 2. The molecule has 1 unspecified atom stereocenters. The Bertz CT molecular complexity index is 693. The van der Waals surface area contributed by atoms with Crippen LogP contribution in [0.25, 0.3) is 11.1 Å². The standard InChI is InChI=1S/C14H13BrN2O4/c15-9-3-1-8(2-4-9)11-13(18)16-12(17-14(11)19)10-7-20-5-6-21-10/h1-4,10H,5-7H2,(H2,16,17,18,19). The number of nitrogens with one attached hydrogen (secondary N) is 1. The molecule has 0 bridgehead atoms. The van der Waals surface area contributed by atoms with Crippen LogP contribution in [-0.4, -0.2) is 34.9 Å². The van der Waals surface area contributed by atoms with Gasteiger partial charge in [-0.3, -0.25) is 4.79 Å². The average molecular weight is 353 g/mol. The van der Waals surface area contributed by atoms with Crippen LogP contribution in [0, 0.1) is 0 Å². The fraction of sp³-hybridized carbons (Fsp3) is 0.286. The second-order valence-corrected chi connectivity index (χ2v) is 5.51. The number of benzene rings is 1. The molecule has 0 aliphatic carbocycles. The normalized spacial score (nSPS) is 18.6. The first-order valence-electron chi connectivity index (χ1n) is 6.43. The maximum Gasteiger partial charge on any atom is 0.262 e. The summed E-state index contributed by atoms with van der Waals surface area (Å²) in [4.78, 5) is 18.9. The summed E-state index contributed by atoms with van der Waals surface area (Å²) in [5.74, 6) is -0.0386. The molecule has 1 aliphatic rings. The topological polar surface area (TPSA) is 84.4 Å². The Labute approximate surface area is 128 Å². The molecule has 7 heteroatoms. The molecule has 1 saturated heterocycles. The van der Waals surface area contributed by atoms with Gasteiger partial charge in [0.2, 0.25) is 5.88 Å². The predicted octanol–water partition coefficient (Wildman–Crippen LogP) is 1.99. The lowest BCUT2D eigenvalue weighted by atomic mass is 10.1. The van der Waals surface area contributed by atoms with Gasteiger partial charge in [-0.25, -0.2) is 0 Å². The van der Waals surface area contributed by atoms with E-state index in [2.05, 4.69) is 25.9 Å². The van der Waals surface area contributed by atoms with Gasteiger partial charge in [0.1, 0.15) is 17.5 Å². The summed E-state index contributed by atoms with van der Waals surface area (Å²) in [6, 6.07) is 7.05. The summed E-state index contributed by atoms with van der Waals surface area (Å²) in [5.41, 5.74) is 0.328. The first-order valence-corrected chi connectivity index (χ1v) is 7.23. The maximum atomic E-state index is 12.2. The van der Waals surface area contributed by atoms with Crippen molar-refractivity contribution in [3.8, 4) is 17.0 Å². The summed E-state index contributed by atoms with van der Waals surface area (Å²) in [6.45, 7) is 1.26.